The molecule has 0 aromatic carbocycles. The Labute approximate surface area is 124 Å². The van der Waals surface area contributed by atoms with E-state index in [-0.39, 0.29) is 11.9 Å². The Bertz CT molecular complexity index is 460. The maximum Gasteiger partial charge on any atom is 0.273 e. The van der Waals surface area contributed by atoms with Crippen LogP contribution in [0.5, 0.6) is 0 Å². The van der Waals surface area contributed by atoms with E-state index in [2.05, 4.69) is 15.4 Å². The smallest absolute Gasteiger partial charge is 0.273 e. The largest absolute Gasteiger partial charge is 0.378 e. The van der Waals surface area contributed by atoms with Crippen molar-refractivity contribution in [3.63, 3.8) is 0 Å². The van der Waals surface area contributed by atoms with E-state index >= 15 is 0 Å². The van der Waals surface area contributed by atoms with Gasteiger partial charge >= 0.3 is 0 Å². The predicted octanol–water partition coefficient (Wildman–Crippen LogP) is 1.96. The highest BCUT2D eigenvalue weighted by Crippen LogP contribution is 2.19. The second kappa shape index (κ2) is 6.93. The fourth-order valence-electron chi connectivity index (χ4n) is 2.99. The van der Waals surface area contributed by atoms with Gasteiger partial charge < -0.3 is 19.5 Å². The molecule has 0 atom stereocenters. The van der Waals surface area contributed by atoms with Crippen LogP contribution in [0.15, 0.2) is 10.6 Å². The molecule has 1 aromatic heterocycles. The lowest BCUT2D eigenvalue weighted by Gasteiger charge is -2.25. The summed E-state index contributed by atoms with van der Waals surface area (Å²) in [4.78, 5) is 14.3. The quantitative estimate of drug-likeness (QED) is 0.863. The van der Waals surface area contributed by atoms with Crippen LogP contribution in [0.4, 0.5) is 5.88 Å². The summed E-state index contributed by atoms with van der Waals surface area (Å²) in [5.41, 5.74) is 0.376. The lowest BCUT2D eigenvalue weighted by atomic mass is 10.1. The third kappa shape index (κ3) is 3.75. The van der Waals surface area contributed by atoms with E-state index in [1.807, 2.05) is 0 Å². The summed E-state index contributed by atoms with van der Waals surface area (Å²) in [6, 6.07) is 2.01. The van der Waals surface area contributed by atoms with Crippen molar-refractivity contribution in [3.05, 3.63) is 11.8 Å². The maximum absolute atomic E-state index is 12.2. The van der Waals surface area contributed by atoms with Gasteiger partial charge in [0.05, 0.1) is 13.2 Å². The van der Waals surface area contributed by atoms with Crippen molar-refractivity contribution in [1.82, 2.24) is 10.5 Å². The van der Waals surface area contributed by atoms with Crippen molar-refractivity contribution in [2.45, 2.75) is 44.6 Å². The molecule has 116 valence electrons. The first-order valence-corrected chi connectivity index (χ1v) is 7.93. The van der Waals surface area contributed by atoms with E-state index in [1.54, 1.807) is 6.07 Å². The normalized spacial score (nSPS) is 21.0. The number of nitrogens with one attached hydrogen (secondary N) is 1. The Morgan fingerprint density at radius 1 is 1.19 bits per heavy atom. The second-order valence-corrected chi connectivity index (χ2v) is 5.81. The van der Waals surface area contributed by atoms with Crippen LogP contribution in [0, 0.1) is 0 Å². The third-order valence-corrected chi connectivity index (χ3v) is 4.24. The van der Waals surface area contributed by atoms with Crippen molar-refractivity contribution in [2.24, 2.45) is 0 Å². The number of anilines is 1. The van der Waals surface area contributed by atoms with Crippen molar-refractivity contribution in [3.8, 4) is 0 Å². The predicted molar refractivity (Wildman–Crippen MR) is 78.5 cm³/mol. The van der Waals surface area contributed by atoms with Crippen molar-refractivity contribution in [2.75, 3.05) is 31.2 Å². The first-order valence-electron chi connectivity index (χ1n) is 7.93. The van der Waals surface area contributed by atoms with Gasteiger partial charge in [0.15, 0.2) is 5.69 Å². The minimum Gasteiger partial charge on any atom is -0.378 e. The molecular formula is C15H23N3O3. The summed E-state index contributed by atoms with van der Waals surface area (Å²) in [5.74, 6) is 0.537. The standard InChI is InChI=1S/C15H23N3O3/c19-15(16-12-5-3-1-2-4-6-12)13-11-14(21-17-13)18-7-9-20-10-8-18/h11-12H,1-10H2,(H,16,19). The topological polar surface area (TPSA) is 67.6 Å². The fourth-order valence-corrected chi connectivity index (χ4v) is 2.99. The highest BCUT2D eigenvalue weighted by Gasteiger charge is 2.21. The summed E-state index contributed by atoms with van der Waals surface area (Å²) < 4.78 is 10.6. The SMILES string of the molecule is O=C(NC1CCCCCC1)c1cc(N2CCOCC2)on1. The molecule has 1 aromatic rings. The number of ether oxygens (including phenoxy) is 1. The summed E-state index contributed by atoms with van der Waals surface area (Å²) in [6.45, 7) is 2.92. The Kier molecular flexibility index (Phi) is 4.75. The van der Waals surface area contributed by atoms with E-state index in [0.29, 0.717) is 24.8 Å². The molecule has 1 saturated heterocycles. The van der Waals surface area contributed by atoms with E-state index in [0.717, 1.165) is 25.9 Å². The zero-order chi connectivity index (χ0) is 14.5. The minimum absolute atomic E-state index is 0.120. The van der Waals surface area contributed by atoms with Crippen LogP contribution >= 0.6 is 0 Å². The molecule has 1 N–H and O–H groups in total. The van der Waals surface area contributed by atoms with Gasteiger partial charge in [-0.25, -0.2) is 0 Å². The number of carbonyl (C=O) groups is 1. The fraction of sp³-hybridized carbons (Fsp3) is 0.733. The highest BCUT2D eigenvalue weighted by molar-refractivity contribution is 5.93. The van der Waals surface area contributed by atoms with Crippen molar-refractivity contribution >= 4 is 11.8 Å². The number of hydrogen-bond donors (Lipinski definition) is 1. The first kappa shape index (κ1) is 14.4. The lowest BCUT2D eigenvalue weighted by Crippen LogP contribution is -2.36. The monoisotopic (exact) mass is 293 g/mol. The van der Waals surface area contributed by atoms with Gasteiger partial charge in [0.25, 0.3) is 5.91 Å². The number of morpholine rings is 1. The maximum atomic E-state index is 12.2. The molecule has 0 bridgehead atoms. The van der Waals surface area contributed by atoms with E-state index in [4.69, 9.17) is 9.26 Å². The Morgan fingerprint density at radius 3 is 2.62 bits per heavy atom. The van der Waals surface area contributed by atoms with Gasteiger partial charge in [-0.1, -0.05) is 30.8 Å². The zero-order valence-electron chi connectivity index (χ0n) is 12.3. The van der Waals surface area contributed by atoms with E-state index < -0.39 is 0 Å². The molecule has 1 aliphatic carbocycles. The van der Waals surface area contributed by atoms with Gasteiger partial charge in [0.2, 0.25) is 5.88 Å². The number of aromatic nitrogens is 1. The first-order chi connectivity index (χ1) is 10.3. The van der Waals surface area contributed by atoms with Crippen LogP contribution in [-0.4, -0.2) is 43.4 Å². The average molecular weight is 293 g/mol. The highest BCUT2D eigenvalue weighted by atomic mass is 16.5. The van der Waals surface area contributed by atoms with Gasteiger partial charge in [-0.3, -0.25) is 4.79 Å². The van der Waals surface area contributed by atoms with Crippen LogP contribution < -0.4 is 10.2 Å². The van der Waals surface area contributed by atoms with Crippen molar-refractivity contribution in [1.29, 1.82) is 0 Å². The van der Waals surface area contributed by atoms with E-state index in [9.17, 15) is 4.79 Å². The van der Waals surface area contributed by atoms with Gasteiger partial charge in [0, 0.05) is 25.2 Å². The number of rotatable bonds is 3. The third-order valence-electron chi connectivity index (χ3n) is 4.24. The number of amides is 1. The molecule has 2 aliphatic rings. The van der Waals surface area contributed by atoms with Crippen LogP contribution in [-0.2, 0) is 4.74 Å². The Hall–Kier alpha value is -1.56. The molecule has 1 aliphatic heterocycles. The molecular weight excluding hydrogens is 270 g/mol. The molecule has 0 unspecified atom stereocenters. The summed E-state index contributed by atoms with van der Waals surface area (Å²) >= 11 is 0. The molecule has 3 rings (SSSR count). The van der Waals surface area contributed by atoms with Crippen molar-refractivity contribution < 1.29 is 14.1 Å². The van der Waals surface area contributed by atoms with Crippen LogP contribution in [0.3, 0.4) is 0 Å². The molecule has 21 heavy (non-hydrogen) atoms. The van der Waals surface area contributed by atoms with Crippen LogP contribution in [0.25, 0.3) is 0 Å². The number of nitrogens with zero attached hydrogens (tertiary/aromatic N) is 2. The summed E-state index contributed by atoms with van der Waals surface area (Å²) in [5, 5.41) is 7.00. The number of hydrogen-bond acceptors (Lipinski definition) is 5. The molecule has 2 heterocycles. The minimum atomic E-state index is -0.120. The lowest BCUT2D eigenvalue weighted by molar-refractivity contribution is 0.0924. The zero-order valence-corrected chi connectivity index (χ0v) is 12.3. The summed E-state index contributed by atoms with van der Waals surface area (Å²) in [7, 11) is 0. The molecule has 0 spiro atoms. The van der Waals surface area contributed by atoms with Crippen LogP contribution in [0.2, 0.25) is 0 Å². The van der Waals surface area contributed by atoms with Gasteiger partial charge in [-0.05, 0) is 12.8 Å². The van der Waals surface area contributed by atoms with Gasteiger partial charge in [-0.2, -0.15) is 0 Å². The number of carbonyl (C=O) groups excluding carboxylic acids is 1. The summed E-state index contributed by atoms with van der Waals surface area (Å²) in [6.07, 6.45) is 7.08. The molecule has 6 nitrogen and oxygen atoms in total. The van der Waals surface area contributed by atoms with Crippen LogP contribution in [0.1, 0.15) is 49.0 Å². The van der Waals surface area contributed by atoms with Gasteiger partial charge in [-0.15, -0.1) is 0 Å². The van der Waals surface area contributed by atoms with Gasteiger partial charge in [0.1, 0.15) is 0 Å². The van der Waals surface area contributed by atoms with E-state index in [1.165, 1.54) is 25.7 Å². The Morgan fingerprint density at radius 2 is 1.90 bits per heavy atom. The molecule has 2 fully saturated rings. The molecule has 1 saturated carbocycles. The Balaban J connectivity index is 1.58. The molecule has 0 radical (unpaired) electrons. The average Bonchev–Trinajstić information content (AvgIpc) is 2.88. The molecule has 6 heteroatoms. The molecule has 1 amide bonds. The second-order valence-electron chi connectivity index (χ2n) is 5.81.